The third-order valence-corrected chi connectivity index (χ3v) is 2.72. The highest BCUT2D eigenvalue weighted by Gasteiger charge is 2.28. The molecule has 0 amide bonds. The highest BCUT2D eigenvalue weighted by molar-refractivity contribution is 4.94. The van der Waals surface area contributed by atoms with Gasteiger partial charge >= 0.3 is 6.18 Å². The molecule has 1 fully saturated rings. The van der Waals surface area contributed by atoms with Gasteiger partial charge in [-0.1, -0.05) is 11.6 Å². The van der Waals surface area contributed by atoms with Crippen molar-refractivity contribution in [3.8, 4) is 0 Å². The molecule has 1 aliphatic rings. The summed E-state index contributed by atoms with van der Waals surface area (Å²) >= 11 is 0. The molecule has 1 aromatic heterocycles. The fourth-order valence-corrected chi connectivity index (χ4v) is 1.83. The maximum absolute atomic E-state index is 12.0. The first kappa shape index (κ1) is 12.3. The van der Waals surface area contributed by atoms with E-state index in [2.05, 4.69) is 15.5 Å². The molecule has 96 valence electrons. The molecule has 4 nitrogen and oxygen atoms in total. The Balaban J connectivity index is 1.91. The van der Waals surface area contributed by atoms with Gasteiger partial charge in [-0.25, -0.2) is 0 Å². The van der Waals surface area contributed by atoms with Crippen LogP contribution in [0.2, 0.25) is 0 Å². The van der Waals surface area contributed by atoms with E-state index in [1.165, 1.54) is 0 Å². The summed E-state index contributed by atoms with van der Waals surface area (Å²) in [4.78, 5) is 4.00. The Kier molecular flexibility index (Phi) is 3.66. The average Bonchev–Trinajstić information content (AvgIpc) is 2.75. The van der Waals surface area contributed by atoms with E-state index in [1.807, 2.05) is 0 Å². The lowest BCUT2D eigenvalue weighted by molar-refractivity contribution is -0.134. The van der Waals surface area contributed by atoms with E-state index in [0.717, 1.165) is 25.8 Å². The lowest BCUT2D eigenvalue weighted by atomic mass is 10.1. The number of aryl methyl sites for hydroxylation is 1. The van der Waals surface area contributed by atoms with Crippen LogP contribution in [0.3, 0.4) is 0 Å². The van der Waals surface area contributed by atoms with Gasteiger partial charge in [0.05, 0.1) is 12.5 Å². The van der Waals surface area contributed by atoms with E-state index in [-0.39, 0.29) is 18.3 Å². The van der Waals surface area contributed by atoms with Gasteiger partial charge in [0.1, 0.15) is 0 Å². The number of hydrogen-bond acceptors (Lipinski definition) is 4. The largest absolute Gasteiger partial charge is 0.389 e. The first-order valence-corrected chi connectivity index (χ1v) is 5.67. The zero-order valence-electron chi connectivity index (χ0n) is 9.26. The zero-order chi connectivity index (χ0) is 12.3. The summed E-state index contributed by atoms with van der Waals surface area (Å²) in [6, 6.07) is -0.00381. The van der Waals surface area contributed by atoms with Crippen LogP contribution in [0.5, 0.6) is 0 Å². The first-order valence-electron chi connectivity index (χ1n) is 5.67. The van der Waals surface area contributed by atoms with E-state index in [4.69, 9.17) is 4.52 Å². The second-order valence-corrected chi connectivity index (χ2v) is 4.17. The average molecular weight is 249 g/mol. The normalized spacial score (nSPS) is 21.7. The molecule has 1 saturated heterocycles. The minimum absolute atomic E-state index is 0.00381. The SMILES string of the molecule is FC(F)(F)CCc1noc([C@H]2CCCCN2)n1. The molecule has 0 aromatic carbocycles. The molecule has 2 rings (SSSR count). The van der Waals surface area contributed by atoms with Crippen molar-refractivity contribution in [1.29, 1.82) is 0 Å². The Morgan fingerprint density at radius 1 is 1.35 bits per heavy atom. The van der Waals surface area contributed by atoms with Crippen LogP contribution in [0.4, 0.5) is 13.2 Å². The van der Waals surface area contributed by atoms with Gasteiger partial charge in [-0.2, -0.15) is 18.2 Å². The molecule has 0 saturated carbocycles. The summed E-state index contributed by atoms with van der Waals surface area (Å²) in [7, 11) is 0. The molecule has 0 aliphatic carbocycles. The quantitative estimate of drug-likeness (QED) is 0.893. The third kappa shape index (κ3) is 3.69. The predicted molar refractivity (Wildman–Crippen MR) is 53.3 cm³/mol. The van der Waals surface area contributed by atoms with Crippen LogP contribution in [-0.2, 0) is 6.42 Å². The molecule has 1 aromatic rings. The predicted octanol–water partition coefficient (Wildman–Crippen LogP) is 2.38. The number of aromatic nitrogens is 2. The number of nitrogens with one attached hydrogen (secondary N) is 1. The van der Waals surface area contributed by atoms with Gasteiger partial charge in [-0.05, 0) is 19.4 Å². The number of nitrogens with zero attached hydrogens (tertiary/aromatic N) is 2. The Morgan fingerprint density at radius 3 is 2.82 bits per heavy atom. The maximum atomic E-state index is 12.0. The Hall–Kier alpha value is -1.11. The van der Waals surface area contributed by atoms with Crippen LogP contribution in [0, 0.1) is 0 Å². The monoisotopic (exact) mass is 249 g/mol. The van der Waals surface area contributed by atoms with Gasteiger partial charge in [-0.15, -0.1) is 0 Å². The van der Waals surface area contributed by atoms with Gasteiger partial charge in [0, 0.05) is 6.42 Å². The van der Waals surface area contributed by atoms with Crippen molar-refractivity contribution < 1.29 is 17.7 Å². The fraction of sp³-hybridized carbons (Fsp3) is 0.800. The van der Waals surface area contributed by atoms with Gasteiger partial charge in [-0.3, -0.25) is 0 Å². The fourth-order valence-electron chi connectivity index (χ4n) is 1.83. The van der Waals surface area contributed by atoms with Crippen LogP contribution in [0.1, 0.15) is 43.4 Å². The molecule has 7 heteroatoms. The molecule has 0 bridgehead atoms. The molecule has 0 radical (unpaired) electrons. The van der Waals surface area contributed by atoms with Crippen molar-refractivity contribution in [1.82, 2.24) is 15.5 Å². The first-order chi connectivity index (χ1) is 8.04. The van der Waals surface area contributed by atoms with Gasteiger partial charge < -0.3 is 9.84 Å². The van der Waals surface area contributed by atoms with Crippen LogP contribution < -0.4 is 5.32 Å². The van der Waals surface area contributed by atoms with Gasteiger partial charge in [0.15, 0.2) is 5.82 Å². The second-order valence-electron chi connectivity index (χ2n) is 4.17. The lowest BCUT2D eigenvalue weighted by Crippen LogP contribution is -2.27. The Bertz CT molecular complexity index is 358. The van der Waals surface area contributed by atoms with Crippen LogP contribution in [-0.4, -0.2) is 22.9 Å². The number of rotatable bonds is 3. The van der Waals surface area contributed by atoms with Crippen molar-refractivity contribution in [3.63, 3.8) is 0 Å². The smallest absolute Gasteiger partial charge is 0.338 e. The van der Waals surface area contributed by atoms with E-state index >= 15 is 0 Å². The van der Waals surface area contributed by atoms with Crippen LogP contribution in [0.15, 0.2) is 4.52 Å². The van der Waals surface area contributed by atoms with Crippen molar-refractivity contribution in [2.24, 2.45) is 0 Å². The highest BCUT2D eigenvalue weighted by atomic mass is 19.4. The molecule has 0 spiro atoms. The minimum atomic E-state index is -4.18. The summed E-state index contributed by atoms with van der Waals surface area (Å²) < 4.78 is 41.0. The van der Waals surface area contributed by atoms with Crippen molar-refractivity contribution >= 4 is 0 Å². The maximum Gasteiger partial charge on any atom is 0.389 e. The zero-order valence-corrected chi connectivity index (χ0v) is 9.26. The second kappa shape index (κ2) is 5.03. The summed E-state index contributed by atoms with van der Waals surface area (Å²) in [5, 5.41) is 6.77. The van der Waals surface area contributed by atoms with Crippen LogP contribution in [0.25, 0.3) is 0 Å². The van der Waals surface area contributed by atoms with E-state index < -0.39 is 12.6 Å². The van der Waals surface area contributed by atoms with E-state index in [0.29, 0.717) is 5.89 Å². The molecule has 1 N–H and O–H groups in total. The molecule has 2 heterocycles. The topological polar surface area (TPSA) is 51.0 Å². The van der Waals surface area contributed by atoms with Crippen LogP contribution >= 0.6 is 0 Å². The summed E-state index contributed by atoms with van der Waals surface area (Å²) in [5.41, 5.74) is 0. The Labute approximate surface area is 96.6 Å². The van der Waals surface area contributed by atoms with Gasteiger partial charge in [0.2, 0.25) is 5.89 Å². The van der Waals surface area contributed by atoms with Gasteiger partial charge in [0.25, 0.3) is 0 Å². The lowest BCUT2D eigenvalue weighted by Gasteiger charge is -2.19. The molecular weight excluding hydrogens is 235 g/mol. The van der Waals surface area contributed by atoms with E-state index in [9.17, 15) is 13.2 Å². The summed E-state index contributed by atoms with van der Waals surface area (Å²) in [6.45, 7) is 0.880. The summed E-state index contributed by atoms with van der Waals surface area (Å²) in [6.07, 6.45) is -2.25. The molecule has 1 aliphatic heterocycles. The number of piperidine rings is 1. The molecule has 0 unspecified atom stereocenters. The summed E-state index contributed by atoms with van der Waals surface area (Å²) in [5.74, 6) is 0.534. The number of hydrogen-bond donors (Lipinski definition) is 1. The van der Waals surface area contributed by atoms with Crippen molar-refractivity contribution in [2.45, 2.75) is 44.3 Å². The minimum Gasteiger partial charge on any atom is -0.338 e. The standard InChI is InChI=1S/C10H14F3N3O/c11-10(12,13)5-4-8-15-9(17-16-8)7-3-1-2-6-14-7/h7,14H,1-6H2/t7-/m1/s1. The number of alkyl halides is 3. The number of halogens is 3. The highest BCUT2D eigenvalue weighted by Crippen LogP contribution is 2.23. The van der Waals surface area contributed by atoms with Crippen molar-refractivity contribution in [3.05, 3.63) is 11.7 Å². The Morgan fingerprint density at radius 2 is 2.18 bits per heavy atom. The molecule has 17 heavy (non-hydrogen) atoms. The van der Waals surface area contributed by atoms with Crippen molar-refractivity contribution in [2.75, 3.05) is 6.54 Å². The molecular formula is C10H14F3N3O. The molecule has 1 atom stereocenters. The third-order valence-electron chi connectivity index (χ3n) is 2.72. The van der Waals surface area contributed by atoms with E-state index in [1.54, 1.807) is 0 Å².